The van der Waals surface area contributed by atoms with E-state index < -0.39 is 28.5 Å². The lowest BCUT2D eigenvalue weighted by Gasteiger charge is -2.32. The molecule has 32 heavy (non-hydrogen) atoms. The Balaban J connectivity index is 2.42. The van der Waals surface area contributed by atoms with E-state index in [1.807, 2.05) is 6.07 Å². The molecule has 1 atom stereocenters. The summed E-state index contributed by atoms with van der Waals surface area (Å²) in [7, 11) is -0.744. The van der Waals surface area contributed by atoms with Crippen molar-refractivity contribution < 1.29 is 22.7 Å². The number of hydrogen-bond acceptors (Lipinski definition) is 5. The lowest BCUT2D eigenvalue weighted by Crippen LogP contribution is -2.51. The second-order valence-corrected chi connectivity index (χ2v) is 9.50. The van der Waals surface area contributed by atoms with Gasteiger partial charge in [0, 0.05) is 18.6 Å². The van der Waals surface area contributed by atoms with Gasteiger partial charge in [-0.2, -0.15) is 0 Å². The largest absolute Gasteiger partial charge is 0.497 e. The smallest absolute Gasteiger partial charge is 0.244 e. The van der Waals surface area contributed by atoms with Crippen molar-refractivity contribution in [3.8, 4) is 5.75 Å². The first-order valence-corrected chi connectivity index (χ1v) is 12.2. The van der Waals surface area contributed by atoms with Gasteiger partial charge < -0.3 is 15.0 Å². The molecule has 2 amide bonds. The molecule has 8 nitrogen and oxygen atoms in total. The molecular weight excluding hydrogens is 454 g/mol. The Morgan fingerprint density at radius 1 is 1.16 bits per heavy atom. The minimum absolute atomic E-state index is 0.111. The topological polar surface area (TPSA) is 96.0 Å². The van der Waals surface area contributed by atoms with Crippen LogP contribution in [-0.4, -0.2) is 58.1 Å². The third-order valence-corrected chi connectivity index (χ3v) is 6.31. The highest BCUT2D eigenvalue weighted by molar-refractivity contribution is 7.92. The predicted octanol–water partition coefficient (Wildman–Crippen LogP) is 2.67. The normalized spacial score (nSPS) is 12.0. The molecule has 0 saturated carbocycles. The summed E-state index contributed by atoms with van der Waals surface area (Å²) in [4.78, 5) is 27.3. The Bertz CT molecular complexity index is 1040. The molecule has 2 rings (SSSR count). The van der Waals surface area contributed by atoms with E-state index in [-0.39, 0.29) is 12.5 Å². The molecule has 1 N–H and O–H groups in total. The van der Waals surface area contributed by atoms with Gasteiger partial charge in [0.05, 0.1) is 19.1 Å². The van der Waals surface area contributed by atoms with Crippen molar-refractivity contribution in [1.82, 2.24) is 10.2 Å². The molecule has 0 spiro atoms. The van der Waals surface area contributed by atoms with Gasteiger partial charge in [0.15, 0.2) is 0 Å². The van der Waals surface area contributed by atoms with Gasteiger partial charge in [-0.15, -0.1) is 0 Å². The van der Waals surface area contributed by atoms with E-state index >= 15 is 0 Å². The van der Waals surface area contributed by atoms with Crippen LogP contribution in [-0.2, 0) is 26.2 Å². The van der Waals surface area contributed by atoms with Gasteiger partial charge in [-0.3, -0.25) is 13.9 Å². The van der Waals surface area contributed by atoms with Crippen LogP contribution in [0.25, 0.3) is 0 Å². The summed E-state index contributed by atoms with van der Waals surface area (Å²) in [5, 5.41) is 3.02. The van der Waals surface area contributed by atoms with Crippen molar-refractivity contribution in [3.05, 3.63) is 59.1 Å². The van der Waals surface area contributed by atoms with Crippen LogP contribution in [0.1, 0.15) is 18.9 Å². The maximum absolute atomic E-state index is 13.4. The number of nitrogens with zero attached hydrogens (tertiary/aromatic N) is 2. The summed E-state index contributed by atoms with van der Waals surface area (Å²) < 4.78 is 31.2. The zero-order chi connectivity index (χ0) is 23.9. The Morgan fingerprint density at radius 3 is 2.34 bits per heavy atom. The minimum Gasteiger partial charge on any atom is -0.497 e. The van der Waals surface area contributed by atoms with E-state index in [4.69, 9.17) is 16.3 Å². The molecule has 0 bridgehead atoms. The fourth-order valence-corrected chi connectivity index (χ4v) is 4.25. The third kappa shape index (κ3) is 6.61. The molecule has 0 radical (unpaired) electrons. The summed E-state index contributed by atoms with van der Waals surface area (Å²) in [5.74, 6) is -0.230. The van der Waals surface area contributed by atoms with Crippen molar-refractivity contribution in [2.24, 2.45) is 0 Å². The molecule has 0 saturated heterocycles. The maximum Gasteiger partial charge on any atom is 0.244 e. The van der Waals surface area contributed by atoms with E-state index in [9.17, 15) is 18.0 Å². The Morgan fingerprint density at radius 2 is 1.81 bits per heavy atom. The number of halogens is 1. The second kappa shape index (κ2) is 11.2. The first kappa shape index (κ1) is 25.5. The first-order chi connectivity index (χ1) is 15.1. The number of benzene rings is 2. The molecule has 2 aromatic carbocycles. The molecule has 0 heterocycles. The molecule has 0 aromatic heterocycles. The molecule has 2 aromatic rings. The summed E-state index contributed by atoms with van der Waals surface area (Å²) in [6.07, 6.45) is 1.38. The molecule has 174 valence electrons. The monoisotopic (exact) mass is 481 g/mol. The number of carbonyl (C=O) groups excluding carboxylic acids is 2. The molecule has 0 aliphatic rings. The SMILES string of the molecule is CC[C@@H](C(=O)NC)N(Cc1cccc(OC)c1)C(=O)CN(c1ccc(Cl)cc1)S(C)(=O)=O. The number of anilines is 1. The Hall–Kier alpha value is -2.78. The van der Waals surface area contributed by atoms with E-state index in [1.54, 1.807) is 37.3 Å². The summed E-state index contributed by atoms with van der Waals surface area (Å²) in [5.41, 5.74) is 1.05. The van der Waals surface area contributed by atoms with Gasteiger partial charge in [-0.25, -0.2) is 8.42 Å². The zero-order valence-corrected chi connectivity index (χ0v) is 20.1. The first-order valence-electron chi connectivity index (χ1n) is 9.98. The van der Waals surface area contributed by atoms with Gasteiger partial charge in [0.2, 0.25) is 21.8 Å². The molecule has 10 heteroatoms. The Labute approximate surface area is 194 Å². The van der Waals surface area contributed by atoms with Crippen LogP contribution in [0, 0.1) is 0 Å². The average molecular weight is 482 g/mol. The van der Waals surface area contributed by atoms with Crippen molar-refractivity contribution in [3.63, 3.8) is 0 Å². The number of ether oxygens (including phenoxy) is 1. The van der Waals surface area contributed by atoms with Crippen LogP contribution in [0.5, 0.6) is 5.75 Å². The second-order valence-electron chi connectivity index (χ2n) is 7.16. The van der Waals surface area contributed by atoms with Gasteiger partial charge in [0.25, 0.3) is 0 Å². The number of amides is 2. The minimum atomic E-state index is -3.78. The van der Waals surface area contributed by atoms with Crippen LogP contribution in [0.15, 0.2) is 48.5 Å². The number of rotatable bonds is 10. The van der Waals surface area contributed by atoms with Crippen molar-refractivity contribution in [1.29, 1.82) is 0 Å². The average Bonchev–Trinajstić information content (AvgIpc) is 2.77. The number of carbonyl (C=O) groups is 2. The zero-order valence-electron chi connectivity index (χ0n) is 18.5. The van der Waals surface area contributed by atoms with Crippen molar-refractivity contribution >= 4 is 39.1 Å². The third-order valence-electron chi connectivity index (χ3n) is 4.91. The Kier molecular flexibility index (Phi) is 8.91. The van der Waals surface area contributed by atoms with Gasteiger partial charge in [-0.1, -0.05) is 30.7 Å². The summed E-state index contributed by atoms with van der Waals surface area (Å²) >= 11 is 5.92. The number of methoxy groups -OCH3 is 1. The summed E-state index contributed by atoms with van der Waals surface area (Å²) in [6.45, 7) is 1.44. The highest BCUT2D eigenvalue weighted by Gasteiger charge is 2.31. The maximum atomic E-state index is 13.4. The highest BCUT2D eigenvalue weighted by atomic mass is 35.5. The molecule has 0 unspecified atom stereocenters. The quantitative estimate of drug-likeness (QED) is 0.562. The molecule has 0 fully saturated rings. The van der Waals surface area contributed by atoms with Crippen LogP contribution in [0.4, 0.5) is 5.69 Å². The van der Waals surface area contributed by atoms with Gasteiger partial charge >= 0.3 is 0 Å². The highest BCUT2D eigenvalue weighted by Crippen LogP contribution is 2.22. The predicted molar refractivity (Wildman–Crippen MR) is 125 cm³/mol. The number of sulfonamides is 1. The van der Waals surface area contributed by atoms with E-state index in [0.29, 0.717) is 22.9 Å². The molecule has 0 aliphatic heterocycles. The van der Waals surface area contributed by atoms with Crippen LogP contribution in [0.2, 0.25) is 5.02 Å². The van der Waals surface area contributed by atoms with Crippen LogP contribution < -0.4 is 14.4 Å². The number of nitrogens with one attached hydrogen (secondary N) is 1. The fraction of sp³-hybridized carbons (Fsp3) is 0.364. The molecular formula is C22H28ClN3O5S. The number of likely N-dealkylation sites (N-methyl/N-ethyl adjacent to an activating group) is 1. The van der Waals surface area contributed by atoms with E-state index in [1.165, 1.54) is 31.2 Å². The lowest BCUT2D eigenvalue weighted by molar-refractivity contribution is -0.140. The standard InChI is InChI=1S/C22H28ClN3O5S/c1-5-20(22(28)24-2)25(14-16-7-6-8-19(13-16)31-3)21(27)15-26(32(4,29)30)18-11-9-17(23)10-12-18/h6-13,20H,5,14-15H2,1-4H3,(H,24,28)/t20-/m0/s1. The van der Waals surface area contributed by atoms with Crippen molar-refractivity contribution in [2.45, 2.75) is 25.9 Å². The van der Waals surface area contributed by atoms with E-state index in [0.717, 1.165) is 16.1 Å². The van der Waals surface area contributed by atoms with Crippen molar-refractivity contribution in [2.75, 3.05) is 31.3 Å². The van der Waals surface area contributed by atoms with Gasteiger partial charge in [-0.05, 0) is 48.4 Å². The summed E-state index contributed by atoms with van der Waals surface area (Å²) in [6, 6.07) is 12.5. The van der Waals surface area contributed by atoms with Crippen LogP contribution >= 0.6 is 11.6 Å². The van der Waals surface area contributed by atoms with Gasteiger partial charge in [0.1, 0.15) is 18.3 Å². The van der Waals surface area contributed by atoms with E-state index in [2.05, 4.69) is 5.32 Å². The molecule has 0 aliphatic carbocycles. The fourth-order valence-electron chi connectivity index (χ4n) is 3.27. The van der Waals surface area contributed by atoms with Crippen LogP contribution in [0.3, 0.4) is 0 Å². The lowest BCUT2D eigenvalue weighted by atomic mass is 10.1. The number of hydrogen-bond donors (Lipinski definition) is 1.